The van der Waals surface area contributed by atoms with Crippen molar-refractivity contribution in [2.24, 2.45) is 0 Å². The maximum absolute atomic E-state index is 5.66. The third-order valence-corrected chi connectivity index (χ3v) is 5.13. The molecule has 0 aliphatic carbocycles. The van der Waals surface area contributed by atoms with Gasteiger partial charge >= 0.3 is 8.80 Å². The second kappa shape index (κ2) is 11.2. The van der Waals surface area contributed by atoms with E-state index in [1.807, 2.05) is 20.8 Å². The summed E-state index contributed by atoms with van der Waals surface area (Å²) in [4.78, 5) is 0. The van der Waals surface area contributed by atoms with Crippen LogP contribution in [0.2, 0.25) is 6.04 Å². The molecule has 0 rings (SSSR count). The first-order chi connectivity index (χ1) is 6.74. The van der Waals surface area contributed by atoms with Crippen LogP contribution < -0.4 is 0 Å². The summed E-state index contributed by atoms with van der Waals surface area (Å²) in [5.74, 6) is 0.627. The largest absolute Gasteiger partial charge is 0.500 e. The standard InChI is InChI=1S/C9H21ClO3Si.H2S/c1-4-11-14(12-5-2,13-6-3)9-7-8-10;/h4-9H2,1-3H3;1H2. The van der Waals surface area contributed by atoms with E-state index in [0.29, 0.717) is 25.7 Å². The van der Waals surface area contributed by atoms with E-state index < -0.39 is 8.80 Å². The lowest BCUT2D eigenvalue weighted by atomic mass is 10.6. The van der Waals surface area contributed by atoms with Crippen LogP contribution in [0.5, 0.6) is 0 Å². The zero-order chi connectivity index (χ0) is 10.9. The maximum atomic E-state index is 5.66. The van der Waals surface area contributed by atoms with Gasteiger partial charge in [0.05, 0.1) is 0 Å². The first-order valence-electron chi connectivity index (χ1n) is 5.22. The summed E-state index contributed by atoms with van der Waals surface area (Å²) in [5.41, 5.74) is 0. The molecule has 0 atom stereocenters. The van der Waals surface area contributed by atoms with Crippen molar-refractivity contribution in [2.45, 2.75) is 33.2 Å². The minimum Gasteiger partial charge on any atom is -0.374 e. The quantitative estimate of drug-likeness (QED) is 0.478. The van der Waals surface area contributed by atoms with Gasteiger partial charge in [-0.25, -0.2) is 0 Å². The predicted octanol–water partition coefficient (Wildman–Crippen LogP) is 2.78. The average Bonchev–Trinajstić information content (AvgIpc) is 2.16. The minimum absolute atomic E-state index is 0. The Bertz CT molecular complexity index is 124. The van der Waals surface area contributed by atoms with Crippen molar-refractivity contribution in [2.75, 3.05) is 25.7 Å². The van der Waals surface area contributed by atoms with Crippen molar-refractivity contribution in [1.82, 2.24) is 0 Å². The average molecular weight is 275 g/mol. The van der Waals surface area contributed by atoms with E-state index in [4.69, 9.17) is 24.9 Å². The molecule has 0 aliphatic heterocycles. The van der Waals surface area contributed by atoms with Crippen molar-refractivity contribution in [3.05, 3.63) is 0 Å². The maximum Gasteiger partial charge on any atom is 0.500 e. The Morgan fingerprint density at radius 1 is 0.933 bits per heavy atom. The molecule has 0 fully saturated rings. The van der Waals surface area contributed by atoms with Gasteiger partial charge in [-0.2, -0.15) is 13.5 Å². The Morgan fingerprint density at radius 2 is 1.33 bits per heavy atom. The predicted molar refractivity (Wildman–Crippen MR) is 71.2 cm³/mol. The molecule has 0 spiro atoms. The van der Waals surface area contributed by atoms with Crippen LogP contribution in [0.15, 0.2) is 0 Å². The van der Waals surface area contributed by atoms with Gasteiger partial charge in [0.2, 0.25) is 0 Å². The molecule has 15 heavy (non-hydrogen) atoms. The van der Waals surface area contributed by atoms with Crippen LogP contribution >= 0.6 is 25.1 Å². The Hall–Kier alpha value is 0.737. The number of halogens is 1. The van der Waals surface area contributed by atoms with E-state index >= 15 is 0 Å². The van der Waals surface area contributed by atoms with E-state index in [1.165, 1.54) is 0 Å². The van der Waals surface area contributed by atoms with E-state index in [0.717, 1.165) is 12.5 Å². The molecule has 0 amide bonds. The van der Waals surface area contributed by atoms with Gasteiger partial charge in [-0.15, -0.1) is 11.6 Å². The van der Waals surface area contributed by atoms with Crippen LogP contribution in [0.1, 0.15) is 27.2 Å². The molecule has 0 saturated heterocycles. The Balaban J connectivity index is 0. The molecule has 94 valence electrons. The summed E-state index contributed by atoms with van der Waals surface area (Å²) >= 11 is 5.66. The number of hydrogen-bond acceptors (Lipinski definition) is 3. The molecule has 3 nitrogen and oxygen atoms in total. The fourth-order valence-electron chi connectivity index (χ4n) is 1.28. The molecule has 0 aliphatic rings. The van der Waals surface area contributed by atoms with E-state index in [9.17, 15) is 0 Å². The smallest absolute Gasteiger partial charge is 0.374 e. The molecular weight excluding hydrogens is 252 g/mol. The van der Waals surface area contributed by atoms with Gasteiger partial charge in [-0.3, -0.25) is 0 Å². The highest BCUT2D eigenvalue weighted by atomic mass is 35.5. The van der Waals surface area contributed by atoms with E-state index in [-0.39, 0.29) is 13.5 Å². The van der Waals surface area contributed by atoms with Crippen LogP contribution in [-0.2, 0) is 13.3 Å². The number of hydrogen-bond donors (Lipinski definition) is 0. The van der Waals surface area contributed by atoms with Crippen molar-refractivity contribution >= 4 is 33.9 Å². The summed E-state index contributed by atoms with van der Waals surface area (Å²) in [5, 5.41) is 0. The fourth-order valence-corrected chi connectivity index (χ4v) is 4.25. The van der Waals surface area contributed by atoms with Gasteiger partial charge in [-0.05, 0) is 27.2 Å². The second-order valence-corrected chi connectivity index (χ2v) is 5.88. The molecule has 0 N–H and O–H groups in total. The lowest BCUT2D eigenvalue weighted by Crippen LogP contribution is -2.46. The lowest BCUT2D eigenvalue weighted by Gasteiger charge is -2.28. The molecule has 0 unspecified atom stereocenters. The number of alkyl halides is 1. The van der Waals surface area contributed by atoms with Gasteiger partial charge < -0.3 is 13.3 Å². The fraction of sp³-hybridized carbons (Fsp3) is 1.00. The summed E-state index contributed by atoms with van der Waals surface area (Å²) in [6.45, 7) is 7.78. The van der Waals surface area contributed by atoms with Gasteiger partial charge in [-0.1, -0.05) is 0 Å². The topological polar surface area (TPSA) is 27.7 Å². The van der Waals surface area contributed by atoms with Crippen molar-refractivity contribution in [1.29, 1.82) is 0 Å². The second-order valence-electron chi connectivity index (χ2n) is 2.77. The Labute approximate surface area is 106 Å². The van der Waals surface area contributed by atoms with E-state index in [1.54, 1.807) is 0 Å². The van der Waals surface area contributed by atoms with Gasteiger partial charge in [0.25, 0.3) is 0 Å². The monoisotopic (exact) mass is 274 g/mol. The zero-order valence-electron chi connectivity index (χ0n) is 9.85. The molecule has 0 aromatic carbocycles. The van der Waals surface area contributed by atoms with Gasteiger partial charge in [0.15, 0.2) is 0 Å². The molecule has 0 heterocycles. The van der Waals surface area contributed by atoms with Crippen LogP contribution in [0.25, 0.3) is 0 Å². The van der Waals surface area contributed by atoms with E-state index in [2.05, 4.69) is 0 Å². The first kappa shape index (κ1) is 18.1. The molecule has 6 heteroatoms. The lowest BCUT2D eigenvalue weighted by molar-refractivity contribution is 0.0712. The summed E-state index contributed by atoms with van der Waals surface area (Å²) in [6, 6.07) is 0.812. The third-order valence-electron chi connectivity index (χ3n) is 1.71. The zero-order valence-corrected chi connectivity index (χ0v) is 12.6. The van der Waals surface area contributed by atoms with Gasteiger partial charge in [0, 0.05) is 31.7 Å². The van der Waals surface area contributed by atoms with Crippen molar-refractivity contribution in [3.63, 3.8) is 0 Å². The number of rotatable bonds is 9. The molecular formula is C9H23ClO3SSi. The van der Waals surface area contributed by atoms with Gasteiger partial charge in [0.1, 0.15) is 0 Å². The molecule has 0 bridgehead atoms. The SMILES string of the molecule is CCO[Si](CCCCl)(OCC)OCC.S. The van der Waals surface area contributed by atoms with Crippen molar-refractivity contribution < 1.29 is 13.3 Å². The molecule has 0 aromatic heterocycles. The Morgan fingerprint density at radius 3 is 1.60 bits per heavy atom. The van der Waals surface area contributed by atoms with Crippen LogP contribution in [0.4, 0.5) is 0 Å². The molecule has 0 aromatic rings. The van der Waals surface area contributed by atoms with Crippen LogP contribution in [0.3, 0.4) is 0 Å². The summed E-state index contributed by atoms with van der Waals surface area (Å²) in [6.07, 6.45) is 0.883. The minimum atomic E-state index is -2.40. The Kier molecular flexibility index (Phi) is 13.6. The third kappa shape index (κ3) is 7.60. The van der Waals surface area contributed by atoms with Crippen LogP contribution in [-0.4, -0.2) is 34.5 Å². The summed E-state index contributed by atoms with van der Waals surface area (Å²) < 4.78 is 16.9. The first-order valence-corrected chi connectivity index (χ1v) is 7.69. The highest BCUT2D eigenvalue weighted by molar-refractivity contribution is 7.59. The van der Waals surface area contributed by atoms with Crippen LogP contribution in [0, 0.1) is 0 Å². The highest BCUT2D eigenvalue weighted by Gasteiger charge is 2.39. The highest BCUT2D eigenvalue weighted by Crippen LogP contribution is 2.18. The molecule has 0 radical (unpaired) electrons. The van der Waals surface area contributed by atoms with Crippen molar-refractivity contribution in [3.8, 4) is 0 Å². The molecule has 0 saturated carbocycles. The summed E-state index contributed by atoms with van der Waals surface area (Å²) in [7, 11) is -2.40. The normalized spacial score (nSPS) is 11.2.